The summed E-state index contributed by atoms with van der Waals surface area (Å²) in [5.41, 5.74) is 6.11. The largest absolute Gasteiger partial charge is 0.492 e. The van der Waals surface area contributed by atoms with Crippen molar-refractivity contribution < 1.29 is 13.2 Å². The predicted octanol–water partition coefficient (Wildman–Crippen LogP) is 2.04. The van der Waals surface area contributed by atoms with Crippen molar-refractivity contribution in [3.8, 4) is 5.75 Å². The first-order valence-electron chi connectivity index (χ1n) is 6.33. The molecule has 7 heteroatoms. The lowest BCUT2D eigenvalue weighted by Crippen LogP contribution is -2.36. The summed E-state index contributed by atoms with van der Waals surface area (Å²) in [4.78, 5) is 0.120. The van der Waals surface area contributed by atoms with Gasteiger partial charge < -0.3 is 10.5 Å². The Morgan fingerprint density at radius 3 is 2.65 bits per heavy atom. The molecule has 0 saturated heterocycles. The molecule has 5 nitrogen and oxygen atoms in total. The molecular formula is C13H22N2O3S2. The molecular weight excluding hydrogens is 296 g/mol. The molecule has 0 amide bonds. The average Bonchev–Trinajstić information content (AvgIpc) is 2.40. The molecule has 1 atom stereocenters. The van der Waals surface area contributed by atoms with Crippen LogP contribution in [0.15, 0.2) is 23.1 Å². The Bertz CT molecular complexity index is 547. The number of sulfonamides is 1. The Morgan fingerprint density at radius 2 is 2.10 bits per heavy atom. The molecule has 0 heterocycles. The first-order chi connectivity index (χ1) is 9.34. The first kappa shape index (κ1) is 17.1. The summed E-state index contributed by atoms with van der Waals surface area (Å²) in [6.07, 6.45) is 1.95. The van der Waals surface area contributed by atoms with Crippen LogP contribution in [-0.2, 0) is 10.0 Å². The number of hydrogen-bond donors (Lipinski definition) is 1. The number of thioether (sulfide) groups is 1. The fourth-order valence-electron chi connectivity index (χ4n) is 1.74. The van der Waals surface area contributed by atoms with E-state index in [0.29, 0.717) is 18.0 Å². The molecule has 0 aliphatic rings. The maximum atomic E-state index is 12.7. The summed E-state index contributed by atoms with van der Waals surface area (Å²) in [5.74, 6) is 1.06. The van der Waals surface area contributed by atoms with Gasteiger partial charge in [0.1, 0.15) is 10.6 Å². The Hall–Kier alpha value is -0.920. The van der Waals surface area contributed by atoms with Gasteiger partial charge in [-0.1, -0.05) is 0 Å². The highest BCUT2D eigenvalue weighted by atomic mass is 32.2. The number of benzene rings is 1. The van der Waals surface area contributed by atoms with Gasteiger partial charge in [-0.2, -0.15) is 16.1 Å². The lowest BCUT2D eigenvalue weighted by molar-refractivity contribution is 0.328. The first-order valence-corrected chi connectivity index (χ1v) is 9.17. The van der Waals surface area contributed by atoms with Gasteiger partial charge in [-0.25, -0.2) is 8.42 Å². The third-order valence-corrected chi connectivity index (χ3v) is 5.76. The van der Waals surface area contributed by atoms with Crippen LogP contribution in [0.1, 0.15) is 13.8 Å². The van der Waals surface area contributed by atoms with Gasteiger partial charge in [0.25, 0.3) is 0 Å². The Morgan fingerprint density at radius 1 is 1.45 bits per heavy atom. The van der Waals surface area contributed by atoms with Crippen LogP contribution < -0.4 is 10.5 Å². The van der Waals surface area contributed by atoms with Gasteiger partial charge in [-0.15, -0.1) is 0 Å². The van der Waals surface area contributed by atoms with Crippen molar-refractivity contribution in [3.05, 3.63) is 18.2 Å². The highest BCUT2D eigenvalue weighted by Gasteiger charge is 2.28. The molecule has 1 aromatic carbocycles. The van der Waals surface area contributed by atoms with Crippen LogP contribution in [0, 0.1) is 0 Å². The Kier molecular flexibility index (Phi) is 6.16. The van der Waals surface area contributed by atoms with E-state index in [4.69, 9.17) is 10.5 Å². The number of nitrogens with zero attached hydrogens (tertiary/aromatic N) is 1. The molecule has 0 fully saturated rings. The number of nitrogen functional groups attached to an aromatic ring is 1. The van der Waals surface area contributed by atoms with E-state index in [-0.39, 0.29) is 10.9 Å². The zero-order chi connectivity index (χ0) is 15.3. The topological polar surface area (TPSA) is 72.6 Å². The standard InChI is InChI=1S/C13H22N2O3S2/c1-5-18-12-7-6-11(14)8-13(12)20(16,17)15(3)10(2)9-19-4/h6-8,10H,5,9,14H2,1-4H3. The number of nitrogens with two attached hydrogens (primary N) is 1. The SMILES string of the molecule is CCOc1ccc(N)cc1S(=O)(=O)N(C)C(C)CSC. The molecule has 0 bridgehead atoms. The van der Waals surface area contributed by atoms with E-state index in [1.165, 1.54) is 10.4 Å². The van der Waals surface area contributed by atoms with Gasteiger partial charge in [-0.05, 0) is 38.3 Å². The molecule has 2 N–H and O–H groups in total. The van der Waals surface area contributed by atoms with Crippen molar-refractivity contribution in [2.75, 3.05) is 31.4 Å². The minimum Gasteiger partial charge on any atom is -0.492 e. The van der Waals surface area contributed by atoms with Crippen LogP contribution in [0.5, 0.6) is 5.75 Å². The summed E-state index contributed by atoms with van der Waals surface area (Å²) >= 11 is 1.60. The summed E-state index contributed by atoms with van der Waals surface area (Å²) < 4.78 is 32.1. The van der Waals surface area contributed by atoms with Crippen molar-refractivity contribution >= 4 is 27.5 Å². The second-order valence-electron chi connectivity index (χ2n) is 4.46. The lowest BCUT2D eigenvalue weighted by atomic mass is 10.3. The molecule has 1 aromatic rings. The second kappa shape index (κ2) is 7.19. The van der Waals surface area contributed by atoms with Gasteiger partial charge in [0, 0.05) is 24.5 Å². The lowest BCUT2D eigenvalue weighted by Gasteiger charge is -2.24. The van der Waals surface area contributed by atoms with Gasteiger partial charge in [0.2, 0.25) is 10.0 Å². The van der Waals surface area contributed by atoms with Crippen molar-refractivity contribution in [1.82, 2.24) is 4.31 Å². The summed E-state index contributed by atoms with van der Waals surface area (Å²) in [6.45, 7) is 4.09. The molecule has 0 saturated carbocycles. The number of hydrogen-bond acceptors (Lipinski definition) is 5. The predicted molar refractivity (Wildman–Crippen MR) is 84.8 cm³/mol. The normalized spacial score (nSPS) is 13.4. The quantitative estimate of drug-likeness (QED) is 0.779. The minimum absolute atomic E-state index is 0.106. The van der Waals surface area contributed by atoms with Crippen molar-refractivity contribution in [2.45, 2.75) is 24.8 Å². The van der Waals surface area contributed by atoms with Crippen LogP contribution in [-0.4, -0.2) is 44.4 Å². The van der Waals surface area contributed by atoms with E-state index >= 15 is 0 Å². The zero-order valence-electron chi connectivity index (χ0n) is 12.3. The van der Waals surface area contributed by atoms with Gasteiger partial charge >= 0.3 is 0 Å². The van der Waals surface area contributed by atoms with Crippen LogP contribution in [0.2, 0.25) is 0 Å². The zero-order valence-corrected chi connectivity index (χ0v) is 13.9. The van der Waals surface area contributed by atoms with E-state index in [0.717, 1.165) is 5.75 Å². The maximum Gasteiger partial charge on any atom is 0.246 e. The monoisotopic (exact) mass is 318 g/mol. The third-order valence-electron chi connectivity index (χ3n) is 2.95. The van der Waals surface area contributed by atoms with Gasteiger partial charge in [0.05, 0.1) is 6.61 Å². The van der Waals surface area contributed by atoms with E-state index < -0.39 is 10.0 Å². The fourth-order valence-corrected chi connectivity index (χ4v) is 4.06. The van der Waals surface area contributed by atoms with E-state index in [2.05, 4.69) is 0 Å². The number of ether oxygens (including phenoxy) is 1. The summed E-state index contributed by atoms with van der Waals surface area (Å²) in [7, 11) is -2.04. The molecule has 1 rings (SSSR count). The van der Waals surface area contributed by atoms with Crippen molar-refractivity contribution in [3.63, 3.8) is 0 Å². The van der Waals surface area contributed by atoms with E-state index in [1.807, 2.05) is 20.1 Å². The van der Waals surface area contributed by atoms with Gasteiger partial charge in [0.15, 0.2) is 0 Å². The molecule has 0 aromatic heterocycles. The van der Waals surface area contributed by atoms with E-state index in [9.17, 15) is 8.42 Å². The second-order valence-corrected chi connectivity index (χ2v) is 7.34. The van der Waals surface area contributed by atoms with Crippen molar-refractivity contribution in [2.24, 2.45) is 0 Å². The maximum absolute atomic E-state index is 12.7. The highest BCUT2D eigenvalue weighted by Crippen LogP contribution is 2.29. The molecule has 1 unspecified atom stereocenters. The Balaban J connectivity index is 3.23. The summed E-state index contributed by atoms with van der Waals surface area (Å²) in [5, 5.41) is 0. The van der Waals surface area contributed by atoms with Crippen molar-refractivity contribution in [1.29, 1.82) is 0 Å². The van der Waals surface area contributed by atoms with E-state index in [1.54, 1.807) is 30.9 Å². The molecule has 0 spiro atoms. The molecule has 0 aliphatic carbocycles. The third kappa shape index (κ3) is 3.80. The Labute approximate surface area is 125 Å². The fraction of sp³-hybridized carbons (Fsp3) is 0.538. The van der Waals surface area contributed by atoms with Crippen LogP contribution in [0.4, 0.5) is 5.69 Å². The van der Waals surface area contributed by atoms with Crippen LogP contribution >= 0.6 is 11.8 Å². The summed E-state index contributed by atoms with van der Waals surface area (Å²) in [6, 6.07) is 4.57. The smallest absolute Gasteiger partial charge is 0.246 e. The average molecular weight is 318 g/mol. The molecule has 0 radical (unpaired) electrons. The minimum atomic E-state index is -3.62. The van der Waals surface area contributed by atoms with Crippen LogP contribution in [0.25, 0.3) is 0 Å². The van der Waals surface area contributed by atoms with Crippen LogP contribution in [0.3, 0.4) is 0 Å². The molecule has 114 valence electrons. The van der Waals surface area contributed by atoms with Gasteiger partial charge in [-0.3, -0.25) is 0 Å². The molecule has 0 aliphatic heterocycles. The number of anilines is 1. The highest BCUT2D eigenvalue weighted by molar-refractivity contribution is 7.98. The molecule has 20 heavy (non-hydrogen) atoms. The number of rotatable bonds is 7.